The van der Waals surface area contributed by atoms with Gasteiger partial charge in [0.2, 0.25) is 5.91 Å². The second-order valence-electron chi connectivity index (χ2n) is 7.93. The van der Waals surface area contributed by atoms with Crippen LogP contribution in [-0.2, 0) is 9.53 Å². The van der Waals surface area contributed by atoms with Crippen molar-refractivity contribution in [3.05, 3.63) is 65.7 Å². The van der Waals surface area contributed by atoms with Crippen molar-refractivity contribution in [1.29, 1.82) is 0 Å². The zero-order valence-corrected chi connectivity index (χ0v) is 20.3. The number of para-hydroxylation sites is 2. The fourth-order valence-electron chi connectivity index (χ4n) is 3.94. The number of carbonyl (C=O) groups excluding carboxylic acids is 2. The number of imidazole rings is 1. The number of rotatable bonds is 6. The lowest BCUT2D eigenvalue weighted by Crippen LogP contribution is -2.41. The molecule has 4 aromatic rings. The smallest absolute Gasteiger partial charge is 0.257 e. The van der Waals surface area contributed by atoms with Gasteiger partial charge < -0.3 is 19.9 Å². The number of anilines is 1. The number of aromatic nitrogens is 2. The van der Waals surface area contributed by atoms with Crippen LogP contribution in [0.4, 0.5) is 5.00 Å². The van der Waals surface area contributed by atoms with Crippen molar-refractivity contribution in [1.82, 2.24) is 14.9 Å². The van der Waals surface area contributed by atoms with E-state index in [2.05, 4.69) is 15.3 Å². The molecule has 34 heavy (non-hydrogen) atoms. The normalized spacial score (nSPS) is 13.9. The van der Waals surface area contributed by atoms with E-state index in [4.69, 9.17) is 4.74 Å². The Hall–Kier alpha value is -3.14. The van der Waals surface area contributed by atoms with E-state index >= 15 is 0 Å². The van der Waals surface area contributed by atoms with Gasteiger partial charge in [0.1, 0.15) is 5.00 Å². The number of fused-ring (bicyclic) bond motifs is 1. The van der Waals surface area contributed by atoms with Gasteiger partial charge in [-0.3, -0.25) is 9.59 Å². The molecule has 9 heteroatoms. The molecule has 2 amide bonds. The van der Waals surface area contributed by atoms with Gasteiger partial charge in [-0.25, -0.2) is 4.98 Å². The molecule has 0 atom stereocenters. The molecular formula is C25H24N4O3S2. The number of thioether (sulfide) groups is 1. The third-order valence-electron chi connectivity index (χ3n) is 5.66. The maximum absolute atomic E-state index is 13.5. The summed E-state index contributed by atoms with van der Waals surface area (Å²) in [6.07, 6.45) is 0. The van der Waals surface area contributed by atoms with Crippen molar-refractivity contribution in [2.24, 2.45) is 0 Å². The second-order valence-corrected chi connectivity index (χ2v) is 9.91. The molecule has 0 aliphatic carbocycles. The molecule has 5 rings (SSSR count). The molecule has 7 nitrogen and oxygen atoms in total. The van der Waals surface area contributed by atoms with Crippen LogP contribution in [0, 0.1) is 6.92 Å². The molecule has 2 N–H and O–H groups in total. The van der Waals surface area contributed by atoms with Gasteiger partial charge in [0.25, 0.3) is 5.91 Å². The summed E-state index contributed by atoms with van der Waals surface area (Å²) in [6.45, 7) is 4.09. The first kappa shape index (κ1) is 22.6. The lowest BCUT2D eigenvalue weighted by atomic mass is 10.1. The quantitative estimate of drug-likeness (QED) is 0.378. The van der Waals surface area contributed by atoms with Crippen molar-refractivity contribution in [3.8, 4) is 10.4 Å². The Bertz CT molecular complexity index is 1290. The van der Waals surface area contributed by atoms with E-state index in [1.54, 1.807) is 4.90 Å². The van der Waals surface area contributed by atoms with Crippen LogP contribution >= 0.6 is 23.1 Å². The number of nitrogens with one attached hydrogen (secondary N) is 2. The molecule has 1 saturated heterocycles. The van der Waals surface area contributed by atoms with Gasteiger partial charge in [-0.15, -0.1) is 11.3 Å². The number of amides is 2. The SMILES string of the molecule is Cc1c(-c2ccccc2)sc(NC(=O)CSc2nc3ccccc3[nH]2)c1C(=O)N1CCOCC1. The number of hydrogen-bond acceptors (Lipinski definition) is 6. The number of ether oxygens (including phenoxy) is 1. The van der Waals surface area contributed by atoms with Crippen LogP contribution in [0.5, 0.6) is 0 Å². The number of carbonyl (C=O) groups is 2. The maximum Gasteiger partial charge on any atom is 0.257 e. The summed E-state index contributed by atoms with van der Waals surface area (Å²) in [7, 11) is 0. The number of hydrogen-bond donors (Lipinski definition) is 2. The van der Waals surface area contributed by atoms with E-state index < -0.39 is 0 Å². The lowest BCUT2D eigenvalue weighted by molar-refractivity contribution is -0.113. The van der Waals surface area contributed by atoms with Crippen LogP contribution < -0.4 is 5.32 Å². The van der Waals surface area contributed by atoms with E-state index in [1.165, 1.54) is 23.1 Å². The lowest BCUT2D eigenvalue weighted by Gasteiger charge is -2.27. The summed E-state index contributed by atoms with van der Waals surface area (Å²) in [5.41, 5.74) is 4.27. The highest BCUT2D eigenvalue weighted by atomic mass is 32.2. The fraction of sp³-hybridized carbons (Fsp3) is 0.240. The molecule has 0 bridgehead atoms. The Morgan fingerprint density at radius 2 is 1.85 bits per heavy atom. The third kappa shape index (κ3) is 4.72. The van der Waals surface area contributed by atoms with Gasteiger partial charge in [0.15, 0.2) is 5.16 Å². The Morgan fingerprint density at radius 1 is 1.12 bits per heavy atom. The molecule has 3 heterocycles. The molecule has 0 radical (unpaired) electrons. The summed E-state index contributed by atoms with van der Waals surface area (Å²) in [6, 6.07) is 17.7. The molecule has 1 aliphatic heterocycles. The highest BCUT2D eigenvalue weighted by Gasteiger charge is 2.28. The van der Waals surface area contributed by atoms with E-state index in [0.29, 0.717) is 42.0 Å². The van der Waals surface area contributed by atoms with Crippen molar-refractivity contribution in [2.75, 3.05) is 37.4 Å². The van der Waals surface area contributed by atoms with Crippen LogP contribution in [0.2, 0.25) is 0 Å². The van der Waals surface area contributed by atoms with Gasteiger partial charge >= 0.3 is 0 Å². The van der Waals surface area contributed by atoms with Crippen LogP contribution in [0.3, 0.4) is 0 Å². The summed E-state index contributed by atoms with van der Waals surface area (Å²) in [4.78, 5) is 36.9. The van der Waals surface area contributed by atoms with E-state index in [1.807, 2.05) is 61.5 Å². The average molecular weight is 493 g/mol. The fourth-order valence-corrected chi connectivity index (χ4v) is 5.85. The molecule has 0 unspecified atom stereocenters. The third-order valence-corrected chi connectivity index (χ3v) is 7.79. The average Bonchev–Trinajstić information content (AvgIpc) is 3.43. The Labute approximate surface area is 205 Å². The standard InChI is InChI=1S/C25H24N4O3S2/c1-16-21(24(31)29-11-13-32-14-12-29)23(34-22(16)17-7-3-2-4-8-17)28-20(30)15-33-25-26-18-9-5-6-10-19(18)27-25/h2-10H,11-15H2,1H3,(H,26,27)(H,28,30). The molecule has 2 aromatic carbocycles. The first-order chi connectivity index (χ1) is 16.6. The summed E-state index contributed by atoms with van der Waals surface area (Å²) in [5, 5.41) is 4.28. The predicted octanol–water partition coefficient (Wildman–Crippen LogP) is 4.80. The molecule has 1 fully saturated rings. The van der Waals surface area contributed by atoms with Crippen molar-refractivity contribution in [3.63, 3.8) is 0 Å². The molecular weight excluding hydrogens is 468 g/mol. The Balaban J connectivity index is 1.38. The number of H-pyrrole nitrogens is 1. The Kier molecular flexibility index (Phi) is 6.66. The number of aromatic amines is 1. The van der Waals surface area contributed by atoms with Crippen LogP contribution in [0.1, 0.15) is 15.9 Å². The number of thiophene rings is 1. The summed E-state index contributed by atoms with van der Waals surface area (Å²) in [5.74, 6) is -0.0652. The summed E-state index contributed by atoms with van der Waals surface area (Å²) >= 11 is 2.78. The Morgan fingerprint density at radius 3 is 2.62 bits per heavy atom. The van der Waals surface area contributed by atoms with Crippen LogP contribution in [0.25, 0.3) is 21.5 Å². The second kappa shape index (κ2) is 10.0. The molecule has 174 valence electrons. The molecule has 2 aromatic heterocycles. The highest BCUT2D eigenvalue weighted by Crippen LogP contribution is 2.40. The predicted molar refractivity (Wildman–Crippen MR) is 137 cm³/mol. The molecule has 1 aliphatic rings. The van der Waals surface area contributed by atoms with Gasteiger partial charge in [0.05, 0.1) is 35.6 Å². The molecule has 0 saturated carbocycles. The topological polar surface area (TPSA) is 87.3 Å². The minimum Gasteiger partial charge on any atom is -0.378 e. The van der Waals surface area contributed by atoms with E-state index in [9.17, 15) is 9.59 Å². The first-order valence-corrected chi connectivity index (χ1v) is 12.8. The van der Waals surface area contributed by atoms with Crippen molar-refractivity contribution >= 4 is 50.9 Å². The van der Waals surface area contributed by atoms with Crippen molar-refractivity contribution < 1.29 is 14.3 Å². The van der Waals surface area contributed by atoms with Gasteiger partial charge in [-0.1, -0.05) is 54.2 Å². The van der Waals surface area contributed by atoms with E-state index in [0.717, 1.165) is 27.0 Å². The van der Waals surface area contributed by atoms with Gasteiger partial charge in [-0.2, -0.15) is 0 Å². The summed E-state index contributed by atoms with van der Waals surface area (Å²) < 4.78 is 5.41. The number of nitrogens with zero attached hydrogens (tertiary/aromatic N) is 2. The minimum absolute atomic E-state index is 0.0699. The zero-order valence-electron chi connectivity index (χ0n) is 18.7. The highest BCUT2D eigenvalue weighted by molar-refractivity contribution is 7.99. The zero-order chi connectivity index (χ0) is 23.5. The number of benzene rings is 2. The van der Waals surface area contributed by atoms with E-state index in [-0.39, 0.29) is 17.6 Å². The first-order valence-electron chi connectivity index (χ1n) is 11.0. The van der Waals surface area contributed by atoms with Gasteiger partial charge in [-0.05, 0) is 30.2 Å². The van der Waals surface area contributed by atoms with Gasteiger partial charge in [0, 0.05) is 18.0 Å². The number of morpholine rings is 1. The monoisotopic (exact) mass is 492 g/mol. The minimum atomic E-state index is -0.178. The van der Waals surface area contributed by atoms with Crippen molar-refractivity contribution in [2.45, 2.75) is 12.1 Å². The van der Waals surface area contributed by atoms with Crippen LogP contribution in [0.15, 0.2) is 59.8 Å². The largest absolute Gasteiger partial charge is 0.378 e. The maximum atomic E-state index is 13.5. The molecule has 0 spiro atoms. The van der Waals surface area contributed by atoms with Crippen LogP contribution in [-0.4, -0.2) is 58.7 Å².